The quantitative estimate of drug-likeness (QED) is 0.270. The van der Waals surface area contributed by atoms with Crippen LogP contribution in [0.1, 0.15) is 72.9 Å². The van der Waals surface area contributed by atoms with Crippen LogP contribution in [0.25, 0.3) is 0 Å². The van der Waals surface area contributed by atoms with Crippen LogP contribution in [0.5, 0.6) is 0 Å². The van der Waals surface area contributed by atoms with Crippen LogP contribution >= 0.6 is 0 Å². The third kappa shape index (κ3) is 5.47. The Kier molecular flexibility index (Phi) is 8.97. The lowest BCUT2D eigenvalue weighted by Crippen LogP contribution is -2.35. The number of aliphatic hydroxyl groups is 1. The fourth-order valence-electron chi connectivity index (χ4n) is 8.34. The number of nitrogens with zero attached hydrogens (tertiary/aromatic N) is 4. The lowest BCUT2D eigenvalue weighted by Gasteiger charge is -2.27. The van der Waals surface area contributed by atoms with Crippen LogP contribution in [-0.2, 0) is 25.5 Å². The maximum Gasteiger partial charge on any atom is 0.323 e. The lowest BCUT2D eigenvalue weighted by atomic mass is 9.78. The van der Waals surface area contributed by atoms with Crippen molar-refractivity contribution in [2.75, 3.05) is 14.2 Å². The molecule has 0 radical (unpaired) electrons. The van der Waals surface area contributed by atoms with Gasteiger partial charge in [0.15, 0.2) is 5.41 Å². The maximum absolute atomic E-state index is 13.8. The monoisotopic (exact) mass is 699 g/mol. The molecule has 1 fully saturated rings. The molecule has 8 bridgehead atoms. The third-order valence-electron chi connectivity index (χ3n) is 11.5. The van der Waals surface area contributed by atoms with Gasteiger partial charge in [-0.25, -0.2) is 15.0 Å². The summed E-state index contributed by atoms with van der Waals surface area (Å²) in [6.45, 7) is 12.0. The van der Waals surface area contributed by atoms with Crippen molar-refractivity contribution in [3.63, 3.8) is 0 Å². The second kappa shape index (κ2) is 13.3. The lowest BCUT2D eigenvalue weighted by molar-refractivity contribution is -0.148. The van der Waals surface area contributed by atoms with E-state index in [9.17, 15) is 14.7 Å². The number of aryl methyl sites for hydroxylation is 1. The highest BCUT2D eigenvalue weighted by molar-refractivity contribution is 6.25. The van der Waals surface area contributed by atoms with Gasteiger partial charge in [-0.3, -0.25) is 14.6 Å². The number of fused-ring (bicyclic) bond motifs is 5. The maximum atomic E-state index is 13.8. The Bertz CT molecular complexity index is 2170. The Morgan fingerprint density at radius 2 is 1.63 bits per heavy atom. The highest BCUT2D eigenvalue weighted by Gasteiger charge is 2.57. The van der Waals surface area contributed by atoms with Crippen molar-refractivity contribution in [1.82, 2.24) is 10.3 Å². The van der Waals surface area contributed by atoms with E-state index in [-0.39, 0.29) is 30.0 Å². The Hall–Kier alpha value is -5.38. The molecule has 2 N–H and O–H groups in total. The van der Waals surface area contributed by atoms with E-state index < -0.39 is 11.4 Å². The number of pyridine rings is 1. The highest BCUT2D eigenvalue weighted by Crippen LogP contribution is 2.54. The van der Waals surface area contributed by atoms with E-state index in [0.717, 1.165) is 87.0 Å². The molecule has 1 aromatic heterocycles. The molecule has 0 amide bonds. The first-order valence-electron chi connectivity index (χ1n) is 18.0. The molecule has 6 heterocycles. The fraction of sp³-hybridized carbons (Fsp3) is 0.381. The normalized spacial score (nSPS) is 24.9. The van der Waals surface area contributed by atoms with E-state index in [2.05, 4.69) is 50.1 Å². The van der Waals surface area contributed by atoms with Crippen LogP contribution in [0.3, 0.4) is 0 Å². The van der Waals surface area contributed by atoms with Gasteiger partial charge in [0.05, 0.1) is 48.4 Å². The third-order valence-corrected chi connectivity index (χ3v) is 11.5. The highest BCUT2D eigenvalue weighted by atomic mass is 16.5. The molecule has 5 aliphatic heterocycles. The second-order valence-corrected chi connectivity index (χ2v) is 14.3. The summed E-state index contributed by atoms with van der Waals surface area (Å²) in [5.41, 5.74) is 11.9. The molecule has 7 rings (SSSR count). The predicted octanol–water partition coefficient (Wildman–Crippen LogP) is 7.43. The van der Waals surface area contributed by atoms with E-state index in [1.807, 2.05) is 37.4 Å². The van der Waals surface area contributed by atoms with Crippen molar-refractivity contribution in [3.05, 3.63) is 122 Å². The molecule has 1 saturated heterocycles. The van der Waals surface area contributed by atoms with Crippen LogP contribution in [0.2, 0.25) is 0 Å². The number of aromatic nitrogens is 1. The van der Waals surface area contributed by atoms with Crippen molar-refractivity contribution >= 4 is 29.1 Å². The average molecular weight is 700 g/mol. The van der Waals surface area contributed by atoms with E-state index >= 15 is 0 Å². The first-order valence-corrected chi connectivity index (χ1v) is 18.0. The Balaban J connectivity index is 1.48. The minimum atomic E-state index is -1.53. The van der Waals surface area contributed by atoms with Crippen molar-refractivity contribution in [2.45, 2.75) is 73.6 Å². The van der Waals surface area contributed by atoms with Crippen molar-refractivity contribution in [2.24, 2.45) is 32.2 Å². The minimum Gasteiger partial charge on any atom is -0.510 e. The molecule has 1 aliphatic carbocycles. The zero-order valence-electron chi connectivity index (χ0n) is 31.1. The fourth-order valence-corrected chi connectivity index (χ4v) is 8.34. The van der Waals surface area contributed by atoms with Gasteiger partial charge in [0.25, 0.3) is 0 Å². The van der Waals surface area contributed by atoms with Gasteiger partial charge in [0.2, 0.25) is 0 Å². The number of esters is 2. The van der Waals surface area contributed by atoms with Crippen LogP contribution < -0.4 is 5.32 Å². The van der Waals surface area contributed by atoms with Gasteiger partial charge in [-0.1, -0.05) is 19.9 Å². The van der Waals surface area contributed by atoms with Crippen LogP contribution in [0, 0.1) is 17.3 Å². The van der Waals surface area contributed by atoms with Gasteiger partial charge in [0.1, 0.15) is 5.76 Å². The van der Waals surface area contributed by atoms with E-state index in [1.54, 1.807) is 6.92 Å². The van der Waals surface area contributed by atoms with Crippen molar-refractivity contribution in [3.8, 4) is 0 Å². The Labute approximate surface area is 304 Å². The summed E-state index contributed by atoms with van der Waals surface area (Å²) < 4.78 is 10.4. The van der Waals surface area contributed by atoms with E-state index in [1.165, 1.54) is 14.2 Å². The Morgan fingerprint density at radius 1 is 0.923 bits per heavy atom. The topological polar surface area (TPSA) is 135 Å². The second-order valence-electron chi connectivity index (χ2n) is 14.3. The van der Waals surface area contributed by atoms with Crippen LogP contribution in [0.15, 0.2) is 131 Å². The van der Waals surface area contributed by atoms with Gasteiger partial charge in [-0.05, 0) is 112 Å². The Morgan fingerprint density at radius 3 is 2.31 bits per heavy atom. The minimum absolute atomic E-state index is 0.103. The molecule has 0 unspecified atom stereocenters. The molecule has 1 aromatic rings. The number of aliphatic imine (C=N–C) groups is 3. The van der Waals surface area contributed by atoms with Gasteiger partial charge in [-0.15, -0.1) is 0 Å². The van der Waals surface area contributed by atoms with Gasteiger partial charge in [-0.2, -0.15) is 0 Å². The number of carbonyl (C=O) groups is 2. The first kappa shape index (κ1) is 35.0. The van der Waals surface area contributed by atoms with E-state index in [0.29, 0.717) is 29.0 Å². The zero-order chi connectivity index (χ0) is 37.1. The average Bonchev–Trinajstić information content (AvgIpc) is 3.86. The molecule has 0 saturated carbocycles. The SMILES string of the molecule is CCC1=C(C)C2=NC1=CC1=C(C)C3=C(O)[C@@](C)(C(=O)OC)C(=C4NC(=CC5=NC(=C2)C(CCc2ccccn2)=C5C)[C@@H](C)[C@@H]4CCC(=O)OC)C3=N1. The molecular formula is C42H45N5O5. The first-order chi connectivity index (χ1) is 24.9. The largest absolute Gasteiger partial charge is 0.510 e. The number of ether oxygens (including phenoxy) is 2. The number of nitrogens with one attached hydrogen (secondary N) is 1. The molecule has 268 valence electrons. The standard InChI is InChI=1S/C42H45N5O5/c1-9-26-21(2)30-19-34-27(14-13-25-12-10-11-17-43-25)22(3)29(45-34)18-31-23(4)28(15-16-35(48)51-7)38(46-31)37-39-36(40(49)42(37,6)41(50)52-8)24(5)32(47-39)20-33(26)44-30/h10-12,17-20,23,28,46,49H,9,13-16H2,1-8H3/t23-,28-,42-/m0/s1. The molecule has 6 aliphatic rings. The summed E-state index contributed by atoms with van der Waals surface area (Å²) in [7, 11) is 2.71. The number of allylic oxidation sites excluding steroid dienone is 11. The molecule has 0 spiro atoms. The van der Waals surface area contributed by atoms with E-state index in [4.69, 9.17) is 24.5 Å². The summed E-state index contributed by atoms with van der Waals surface area (Å²) in [5, 5.41) is 15.7. The van der Waals surface area contributed by atoms with Crippen molar-refractivity contribution < 1.29 is 24.2 Å². The molecule has 3 atom stereocenters. The number of rotatable bonds is 8. The summed E-state index contributed by atoms with van der Waals surface area (Å²) in [5.74, 6) is -1.36. The number of carbonyl (C=O) groups excluding carboxylic acids is 2. The molecule has 10 nitrogen and oxygen atoms in total. The molecular weight excluding hydrogens is 654 g/mol. The summed E-state index contributed by atoms with van der Waals surface area (Å²) in [4.78, 5) is 46.4. The number of hydrogen-bond donors (Lipinski definition) is 2. The number of aliphatic hydroxyl groups excluding tert-OH is 1. The summed E-state index contributed by atoms with van der Waals surface area (Å²) in [6, 6.07) is 5.98. The summed E-state index contributed by atoms with van der Waals surface area (Å²) >= 11 is 0. The van der Waals surface area contributed by atoms with Crippen molar-refractivity contribution in [1.29, 1.82) is 0 Å². The number of methoxy groups -OCH3 is 2. The van der Waals surface area contributed by atoms with Crippen LogP contribution in [0.4, 0.5) is 0 Å². The zero-order valence-corrected chi connectivity index (χ0v) is 31.1. The van der Waals surface area contributed by atoms with Gasteiger partial charge in [0, 0.05) is 52.7 Å². The molecule has 10 heteroatoms. The van der Waals surface area contributed by atoms with Gasteiger partial charge < -0.3 is 19.9 Å². The summed E-state index contributed by atoms with van der Waals surface area (Å²) in [6.07, 6.45) is 10.9. The van der Waals surface area contributed by atoms with Crippen LogP contribution in [-0.4, -0.2) is 53.4 Å². The predicted molar refractivity (Wildman–Crippen MR) is 201 cm³/mol. The molecule has 52 heavy (non-hydrogen) atoms. The number of hydrogen-bond acceptors (Lipinski definition) is 10. The van der Waals surface area contributed by atoms with Gasteiger partial charge >= 0.3 is 11.9 Å². The molecule has 0 aromatic carbocycles. The smallest absolute Gasteiger partial charge is 0.323 e.